The highest BCUT2D eigenvalue weighted by Crippen LogP contribution is 2.50. The van der Waals surface area contributed by atoms with E-state index in [1.165, 1.54) is 24.6 Å². The molecule has 2 aromatic rings. The van der Waals surface area contributed by atoms with Crippen molar-refractivity contribution in [2.75, 3.05) is 11.0 Å². The molecule has 1 aromatic carbocycles. The van der Waals surface area contributed by atoms with Gasteiger partial charge >= 0.3 is 5.97 Å². The zero-order chi connectivity index (χ0) is 17.2. The predicted molar refractivity (Wildman–Crippen MR) is 101 cm³/mol. The van der Waals surface area contributed by atoms with Crippen molar-refractivity contribution >= 4 is 28.6 Å². The van der Waals surface area contributed by atoms with E-state index >= 15 is 0 Å². The van der Waals surface area contributed by atoms with E-state index < -0.39 is 0 Å². The average molecular weight is 437 g/mol. The number of carbonyl (C=O) groups is 1. The van der Waals surface area contributed by atoms with Crippen LogP contribution in [-0.4, -0.2) is 22.0 Å². The number of esters is 1. The quantitative estimate of drug-likeness (QED) is 0.369. The van der Waals surface area contributed by atoms with Crippen molar-refractivity contribution in [2.24, 2.45) is 0 Å². The first-order valence-corrected chi connectivity index (χ1v) is 9.58. The maximum atomic E-state index is 11.6. The van der Waals surface area contributed by atoms with Crippen LogP contribution in [0.2, 0.25) is 0 Å². The van der Waals surface area contributed by atoms with Crippen LogP contribution in [0.5, 0.6) is 11.6 Å². The van der Waals surface area contributed by atoms with Crippen molar-refractivity contribution in [1.29, 1.82) is 0 Å². The third kappa shape index (κ3) is 3.55. The van der Waals surface area contributed by atoms with Gasteiger partial charge in [-0.15, -0.1) is 0 Å². The Balaban J connectivity index is 1.73. The van der Waals surface area contributed by atoms with Gasteiger partial charge in [0.25, 0.3) is 0 Å². The van der Waals surface area contributed by atoms with Gasteiger partial charge in [-0.3, -0.25) is 0 Å². The number of hydrogen-bond donors (Lipinski definition) is 0. The molecule has 1 aliphatic carbocycles. The van der Waals surface area contributed by atoms with Gasteiger partial charge in [-0.25, -0.2) is 9.78 Å². The SMILES string of the molecule is CCOC(=O)c1ccc(Oc2ccc(C3(CI)CC3)cc2C)nc1. The highest BCUT2D eigenvalue weighted by molar-refractivity contribution is 14.1. The van der Waals surface area contributed by atoms with Crippen LogP contribution in [-0.2, 0) is 10.2 Å². The van der Waals surface area contributed by atoms with Crippen LogP contribution in [0.15, 0.2) is 36.5 Å². The van der Waals surface area contributed by atoms with Crippen molar-refractivity contribution in [3.8, 4) is 11.6 Å². The Morgan fingerprint density at radius 2 is 2.08 bits per heavy atom. The highest BCUT2D eigenvalue weighted by atomic mass is 127. The molecule has 1 aliphatic rings. The zero-order valence-electron chi connectivity index (χ0n) is 13.8. The summed E-state index contributed by atoms with van der Waals surface area (Å²) >= 11 is 2.47. The molecule has 1 saturated carbocycles. The minimum atomic E-state index is -0.370. The van der Waals surface area contributed by atoms with E-state index in [-0.39, 0.29) is 5.97 Å². The molecule has 0 unspecified atom stereocenters. The van der Waals surface area contributed by atoms with Gasteiger partial charge in [-0.2, -0.15) is 0 Å². The summed E-state index contributed by atoms with van der Waals surface area (Å²) in [5.41, 5.74) is 3.30. The number of halogens is 1. The molecule has 0 N–H and O–H groups in total. The number of rotatable bonds is 6. The second kappa shape index (κ2) is 7.09. The molecule has 1 fully saturated rings. The van der Waals surface area contributed by atoms with Crippen molar-refractivity contribution in [3.05, 3.63) is 53.2 Å². The fraction of sp³-hybridized carbons (Fsp3) is 0.368. The smallest absolute Gasteiger partial charge is 0.339 e. The summed E-state index contributed by atoms with van der Waals surface area (Å²) in [5.74, 6) is 0.888. The van der Waals surface area contributed by atoms with E-state index in [1.807, 2.05) is 6.07 Å². The topological polar surface area (TPSA) is 48.4 Å². The molecule has 0 amide bonds. The number of carbonyl (C=O) groups excluding carboxylic acids is 1. The second-order valence-electron chi connectivity index (χ2n) is 6.10. The fourth-order valence-corrected chi connectivity index (χ4v) is 3.84. The minimum absolute atomic E-state index is 0.349. The van der Waals surface area contributed by atoms with Gasteiger partial charge in [0.05, 0.1) is 12.2 Å². The van der Waals surface area contributed by atoms with E-state index in [4.69, 9.17) is 9.47 Å². The summed E-state index contributed by atoms with van der Waals surface area (Å²) in [4.78, 5) is 15.8. The molecular weight excluding hydrogens is 417 g/mol. The Labute approximate surface area is 155 Å². The Morgan fingerprint density at radius 1 is 1.29 bits per heavy atom. The first-order valence-electron chi connectivity index (χ1n) is 8.06. The normalized spacial score (nSPS) is 15.0. The maximum Gasteiger partial charge on any atom is 0.339 e. The van der Waals surface area contributed by atoms with Gasteiger partial charge in [0, 0.05) is 22.1 Å². The van der Waals surface area contributed by atoms with Crippen LogP contribution in [0.3, 0.4) is 0 Å². The van der Waals surface area contributed by atoms with Gasteiger partial charge in [-0.05, 0) is 49.9 Å². The van der Waals surface area contributed by atoms with Crippen LogP contribution < -0.4 is 4.74 Å². The molecular formula is C19H20INO3. The highest BCUT2D eigenvalue weighted by Gasteiger charge is 2.43. The van der Waals surface area contributed by atoms with Crippen molar-refractivity contribution in [3.63, 3.8) is 0 Å². The summed E-state index contributed by atoms with van der Waals surface area (Å²) in [5, 5.41) is 0. The lowest BCUT2D eigenvalue weighted by Gasteiger charge is -2.15. The van der Waals surface area contributed by atoms with Crippen LogP contribution in [0.4, 0.5) is 0 Å². The molecule has 126 valence electrons. The van der Waals surface area contributed by atoms with Gasteiger partial charge in [0.1, 0.15) is 5.75 Å². The monoisotopic (exact) mass is 437 g/mol. The maximum absolute atomic E-state index is 11.6. The first kappa shape index (κ1) is 17.2. The Bertz CT molecular complexity index is 739. The van der Waals surface area contributed by atoms with E-state index in [2.05, 4.69) is 46.6 Å². The molecule has 1 aromatic heterocycles. The average Bonchev–Trinajstić information content (AvgIpc) is 3.39. The number of aromatic nitrogens is 1. The number of ether oxygens (including phenoxy) is 2. The molecule has 0 radical (unpaired) electrons. The summed E-state index contributed by atoms with van der Waals surface area (Å²) in [7, 11) is 0. The molecule has 0 bridgehead atoms. The van der Waals surface area contributed by atoms with Crippen LogP contribution in [0, 0.1) is 6.92 Å². The number of benzene rings is 1. The van der Waals surface area contributed by atoms with E-state index in [0.717, 1.165) is 15.7 Å². The molecule has 1 heterocycles. The zero-order valence-corrected chi connectivity index (χ0v) is 16.0. The molecule has 24 heavy (non-hydrogen) atoms. The van der Waals surface area contributed by atoms with Crippen molar-refractivity contribution in [2.45, 2.75) is 32.1 Å². The van der Waals surface area contributed by atoms with Gasteiger partial charge < -0.3 is 9.47 Å². The van der Waals surface area contributed by atoms with Crippen LogP contribution >= 0.6 is 22.6 Å². The molecule has 0 atom stereocenters. The van der Waals surface area contributed by atoms with E-state index in [1.54, 1.807) is 19.1 Å². The van der Waals surface area contributed by atoms with Crippen molar-refractivity contribution in [1.82, 2.24) is 4.98 Å². The molecule has 5 heteroatoms. The lowest BCUT2D eigenvalue weighted by atomic mass is 9.96. The third-order valence-electron chi connectivity index (χ3n) is 4.36. The number of alkyl halides is 1. The van der Waals surface area contributed by atoms with Crippen LogP contribution in [0.1, 0.15) is 41.3 Å². The second-order valence-corrected chi connectivity index (χ2v) is 6.86. The summed E-state index contributed by atoms with van der Waals surface area (Å²) < 4.78 is 12.0. The van der Waals surface area contributed by atoms with Crippen LogP contribution in [0.25, 0.3) is 0 Å². The number of aryl methyl sites for hydroxylation is 1. The summed E-state index contributed by atoms with van der Waals surface area (Å²) in [6.07, 6.45) is 4.02. The van der Waals surface area contributed by atoms with E-state index in [9.17, 15) is 4.79 Å². The van der Waals surface area contributed by atoms with Gasteiger partial charge in [0.15, 0.2) is 0 Å². The van der Waals surface area contributed by atoms with Crippen molar-refractivity contribution < 1.29 is 14.3 Å². The standard InChI is InChI=1S/C19H20INO3/c1-3-23-18(22)14-4-7-17(21-11-14)24-16-6-5-15(10-13(16)2)19(12-20)8-9-19/h4-7,10-11H,3,8-9,12H2,1-2H3. The van der Waals surface area contributed by atoms with Gasteiger partial charge in [-0.1, -0.05) is 34.7 Å². The first-order chi connectivity index (χ1) is 11.6. The minimum Gasteiger partial charge on any atom is -0.462 e. The Morgan fingerprint density at radius 3 is 2.62 bits per heavy atom. The third-order valence-corrected chi connectivity index (χ3v) is 5.82. The largest absolute Gasteiger partial charge is 0.462 e. The molecule has 0 saturated heterocycles. The molecule has 3 rings (SSSR count). The van der Waals surface area contributed by atoms with Gasteiger partial charge in [0.2, 0.25) is 5.88 Å². The number of nitrogens with zero attached hydrogens (tertiary/aromatic N) is 1. The number of pyridine rings is 1. The number of hydrogen-bond acceptors (Lipinski definition) is 4. The summed E-state index contributed by atoms with van der Waals surface area (Å²) in [6.45, 7) is 4.18. The molecule has 0 aliphatic heterocycles. The Hall–Kier alpha value is -1.63. The molecule has 4 nitrogen and oxygen atoms in total. The van der Waals surface area contributed by atoms with E-state index in [0.29, 0.717) is 23.5 Å². The fourth-order valence-electron chi connectivity index (χ4n) is 2.63. The predicted octanol–water partition coefficient (Wildman–Crippen LogP) is 4.83. The molecule has 0 spiro atoms. The lowest BCUT2D eigenvalue weighted by Crippen LogP contribution is -2.08. The Kier molecular flexibility index (Phi) is 5.08. The lowest BCUT2D eigenvalue weighted by molar-refractivity contribution is 0.0526. The summed E-state index contributed by atoms with van der Waals surface area (Å²) in [6, 6.07) is 9.74.